The van der Waals surface area contributed by atoms with Gasteiger partial charge in [0.1, 0.15) is 17.4 Å². The fourth-order valence-electron chi connectivity index (χ4n) is 3.94. The van der Waals surface area contributed by atoms with Crippen LogP contribution in [0.25, 0.3) is 33.3 Å². The third-order valence-corrected chi connectivity index (χ3v) is 5.69. The highest BCUT2D eigenvalue weighted by molar-refractivity contribution is 5.96. The van der Waals surface area contributed by atoms with Crippen molar-refractivity contribution in [3.63, 3.8) is 0 Å². The third kappa shape index (κ3) is 4.35. The van der Waals surface area contributed by atoms with Gasteiger partial charge in [-0.3, -0.25) is 9.59 Å². The van der Waals surface area contributed by atoms with E-state index in [1.165, 1.54) is 12.1 Å². The first kappa shape index (κ1) is 22.3. The fraction of sp³-hybridized carbons (Fsp3) is 0.154. The summed E-state index contributed by atoms with van der Waals surface area (Å²) in [7, 11) is 0. The molecule has 0 atom stereocenters. The van der Waals surface area contributed by atoms with Gasteiger partial charge in [0.2, 0.25) is 5.91 Å². The Morgan fingerprint density at radius 3 is 2.66 bits per heavy atom. The molecule has 0 aliphatic rings. The van der Waals surface area contributed by atoms with E-state index in [1.807, 2.05) is 11.5 Å². The average molecular weight is 471 g/mol. The van der Waals surface area contributed by atoms with Gasteiger partial charge in [0.25, 0.3) is 5.56 Å². The number of carbonyl (C=O) groups excluding carboxylic acids is 1. The molecule has 0 fully saturated rings. The predicted octanol–water partition coefficient (Wildman–Crippen LogP) is 4.01. The van der Waals surface area contributed by atoms with E-state index < -0.39 is 5.91 Å². The molecule has 0 saturated heterocycles. The SMILES string of the molecule is CCCOc1ccc(C(N)=O)cc1-c1nc2cc3ncn(Cc4ccc(F)cc4)c3cc2c(=O)[nH]1. The lowest BCUT2D eigenvalue weighted by Gasteiger charge is -2.12. The number of aromatic nitrogens is 4. The van der Waals surface area contributed by atoms with Crippen LogP contribution in [0.1, 0.15) is 29.3 Å². The minimum Gasteiger partial charge on any atom is -0.493 e. The number of ether oxygens (including phenoxy) is 1. The number of hydrogen-bond acceptors (Lipinski definition) is 5. The van der Waals surface area contributed by atoms with E-state index in [9.17, 15) is 14.0 Å². The lowest BCUT2D eigenvalue weighted by Crippen LogP contribution is -2.13. The smallest absolute Gasteiger partial charge is 0.259 e. The van der Waals surface area contributed by atoms with Crippen molar-refractivity contribution in [2.45, 2.75) is 19.9 Å². The summed E-state index contributed by atoms with van der Waals surface area (Å²) in [6.07, 6.45) is 2.46. The molecule has 5 aromatic rings. The number of rotatable bonds is 7. The maximum atomic E-state index is 13.2. The lowest BCUT2D eigenvalue weighted by atomic mass is 10.1. The first-order chi connectivity index (χ1) is 16.9. The number of H-pyrrole nitrogens is 1. The zero-order chi connectivity index (χ0) is 24.5. The summed E-state index contributed by atoms with van der Waals surface area (Å²) in [6, 6.07) is 14.5. The molecule has 2 heterocycles. The highest BCUT2D eigenvalue weighted by Gasteiger charge is 2.16. The van der Waals surface area contributed by atoms with Crippen molar-refractivity contribution in [3.05, 3.63) is 88.2 Å². The van der Waals surface area contributed by atoms with Gasteiger partial charge >= 0.3 is 0 Å². The fourth-order valence-corrected chi connectivity index (χ4v) is 3.94. The summed E-state index contributed by atoms with van der Waals surface area (Å²) >= 11 is 0. The Bertz CT molecular complexity index is 1620. The largest absolute Gasteiger partial charge is 0.493 e. The van der Waals surface area contributed by atoms with Crippen molar-refractivity contribution >= 4 is 27.8 Å². The molecule has 0 saturated carbocycles. The Morgan fingerprint density at radius 1 is 1.11 bits per heavy atom. The van der Waals surface area contributed by atoms with Gasteiger partial charge in [-0.2, -0.15) is 0 Å². The standard InChI is InChI=1S/C26H22FN5O3/c1-2-9-35-23-8-5-16(24(28)33)10-19(23)25-30-20-12-21-22(11-18(20)26(34)31-25)32(14-29-21)13-15-3-6-17(27)7-4-15/h3-8,10-12,14H,2,9,13H2,1H3,(H2,28,33)(H,30,31,34). The van der Waals surface area contributed by atoms with Gasteiger partial charge in [0.15, 0.2) is 0 Å². The van der Waals surface area contributed by atoms with E-state index in [0.717, 1.165) is 17.5 Å². The van der Waals surface area contributed by atoms with Crippen molar-refractivity contribution < 1.29 is 13.9 Å². The molecule has 0 aliphatic carbocycles. The second-order valence-corrected chi connectivity index (χ2v) is 8.20. The Hall–Kier alpha value is -4.53. The Balaban J connectivity index is 1.61. The molecule has 176 valence electrons. The van der Waals surface area contributed by atoms with Crippen LogP contribution >= 0.6 is 0 Å². The summed E-state index contributed by atoms with van der Waals surface area (Å²) in [5.41, 5.74) is 8.64. The third-order valence-electron chi connectivity index (χ3n) is 5.69. The van der Waals surface area contributed by atoms with Crippen LogP contribution in [0.3, 0.4) is 0 Å². The monoisotopic (exact) mass is 471 g/mol. The van der Waals surface area contributed by atoms with E-state index in [4.69, 9.17) is 10.5 Å². The topological polar surface area (TPSA) is 116 Å². The molecule has 0 radical (unpaired) electrons. The van der Waals surface area contributed by atoms with Crippen LogP contribution < -0.4 is 16.0 Å². The van der Waals surface area contributed by atoms with E-state index in [-0.39, 0.29) is 22.8 Å². The molecule has 1 amide bonds. The summed E-state index contributed by atoms with van der Waals surface area (Å²) in [6.45, 7) is 2.92. The number of amides is 1. The van der Waals surface area contributed by atoms with Crippen molar-refractivity contribution in [2.24, 2.45) is 5.73 Å². The number of aromatic amines is 1. The number of nitrogens with two attached hydrogens (primary N) is 1. The number of benzene rings is 3. The van der Waals surface area contributed by atoms with Crippen LogP contribution in [0.4, 0.5) is 4.39 Å². The second-order valence-electron chi connectivity index (χ2n) is 8.20. The number of primary amides is 1. The molecule has 8 nitrogen and oxygen atoms in total. The van der Waals surface area contributed by atoms with Gasteiger partial charge in [0, 0.05) is 12.1 Å². The van der Waals surface area contributed by atoms with Crippen LogP contribution in [0.15, 0.2) is 65.7 Å². The Labute approximate surface area is 199 Å². The number of halogens is 1. The first-order valence-electron chi connectivity index (χ1n) is 11.1. The van der Waals surface area contributed by atoms with Gasteiger partial charge in [-0.25, -0.2) is 14.4 Å². The number of hydrogen-bond donors (Lipinski definition) is 2. The normalized spacial score (nSPS) is 11.3. The van der Waals surface area contributed by atoms with Crippen molar-refractivity contribution in [1.82, 2.24) is 19.5 Å². The summed E-state index contributed by atoms with van der Waals surface area (Å²) in [5, 5.41) is 0.393. The summed E-state index contributed by atoms with van der Waals surface area (Å²) in [4.78, 5) is 36.8. The van der Waals surface area contributed by atoms with Gasteiger partial charge < -0.3 is 20.0 Å². The first-order valence-corrected chi connectivity index (χ1v) is 11.1. The predicted molar refractivity (Wildman–Crippen MR) is 131 cm³/mol. The van der Waals surface area contributed by atoms with Crippen LogP contribution in [-0.4, -0.2) is 32.0 Å². The number of nitrogens with zero attached hydrogens (tertiary/aromatic N) is 3. The minimum absolute atomic E-state index is 0.266. The number of imidazole rings is 1. The Morgan fingerprint density at radius 2 is 1.91 bits per heavy atom. The van der Waals surface area contributed by atoms with Crippen molar-refractivity contribution in [3.8, 4) is 17.1 Å². The second kappa shape index (κ2) is 9.02. The van der Waals surface area contributed by atoms with Crippen LogP contribution in [0.5, 0.6) is 5.75 Å². The Kier molecular flexibility index (Phi) is 5.74. The summed E-state index contributed by atoms with van der Waals surface area (Å²) in [5.74, 6) is -0.135. The lowest BCUT2D eigenvalue weighted by molar-refractivity contribution is 0.100. The zero-order valence-corrected chi connectivity index (χ0v) is 18.9. The quantitative estimate of drug-likeness (QED) is 0.372. The van der Waals surface area contributed by atoms with Crippen molar-refractivity contribution in [1.29, 1.82) is 0 Å². The number of fused-ring (bicyclic) bond motifs is 2. The van der Waals surface area contributed by atoms with Crippen LogP contribution in [-0.2, 0) is 6.54 Å². The molecule has 0 unspecified atom stereocenters. The molecule has 0 bridgehead atoms. The minimum atomic E-state index is -0.593. The molecule has 35 heavy (non-hydrogen) atoms. The maximum Gasteiger partial charge on any atom is 0.259 e. The number of carbonyl (C=O) groups is 1. The molecular weight excluding hydrogens is 449 g/mol. The maximum absolute atomic E-state index is 13.2. The molecule has 0 aliphatic heterocycles. The zero-order valence-electron chi connectivity index (χ0n) is 18.9. The highest BCUT2D eigenvalue weighted by atomic mass is 19.1. The highest BCUT2D eigenvalue weighted by Crippen LogP contribution is 2.30. The van der Waals surface area contributed by atoms with E-state index in [2.05, 4.69) is 15.0 Å². The van der Waals surface area contributed by atoms with Gasteiger partial charge in [-0.05, 0) is 54.4 Å². The van der Waals surface area contributed by atoms with Gasteiger partial charge in [-0.15, -0.1) is 0 Å². The van der Waals surface area contributed by atoms with E-state index >= 15 is 0 Å². The van der Waals surface area contributed by atoms with Gasteiger partial charge in [-0.1, -0.05) is 19.1 Å². The number of nitrogens with one attached hydrogen (secondary N) is 1. The van der Waals surface area contributed by atoms with E-state index in [0.29, 0.717) is 40.9 Å². The molecular formula is C26H22FN5O3. The molecule has 5 rings (SSSR count). The molecule has 0 spiro atoms. The van der Waals surface area contributed by atoms with Gasteiger partial charge in [0.05, 0.1) is 40.4 Å². The molecule has 3 aromatic carbocycles. The molecule has 2 aromatic heterocycles. The summed E-state index contributed by atoms with van der Waals surface area (Å²) < 4.78 is 20.9. The molecule has 3 N–H and O–H groups in total. The molecule has 9 heteroatoms. The van der Waals surface area contributed by atoms with Crippen molar-refractivity contribution in [2.75, 3.05) is 6.61 Å². The average Bonchev–Trinajstić information content (AvgIpc) is 3.24. The van der Waals surface area contributed by atoms with E-state index in [1.54, 1.807) is 48.8 Å². The van der Waals surface area contributed by atoms with Crippen LogP contribution in [0, 0.1) is 5.82 Å². The van der Waals surface area contributed by atoms with Crippen LogP contribution in [0.2, 0.25) is 0 Å².